The summed E-state index contributed by atoms with van der Waals surface area (Å²) in [7, 11) is 1.74. The van der Waals surface area contributed by atoms with Crippen LogP contribution in [0.4, 0.5) is 4.79 Å². The van der Waals surface area contributed by atoms with Gasteiger partial charge in [-0.2, -0.15) is 16.9 Å². The van der Waals surface area contributed by atoms with Crippen molar-refractivity contribution in [1.82, 2.24) is 25.0 Å². The zero-order chi connectivity index (χ0) is 13.8. The molecule has 2 amide bonds. The van der Waals surface area contributed by atoms with E-state index in [1.807, 2.05) is 0 Å². The van der Waals surface area contributed by atoms with Crippen LogP contribution in [0.1, 0.15) is 5.82 Å². The van der Waals surface area contributed by atoms with E-state index in [9.17, 15) is 9.59 Å². The van der Waals surface area contributed by atoms with E-state index in [1.165, 1.54) is 16.7 Å². The molecule has 2 N–H and O–H groups in total. The molecule has 1 atom stereocenters. The van der Waals surface area contributed by atoms with Crippen LogP contribution in [0.25, 0.3) is 0 Å². The van der Waals surface area contributed by atoms with E-state index in [1.54, 1.807) is 18.1 Å². The lowest BCUT2D eigenvalue weighted by molar-refractivity contribution is -0.141. The average Bonchev–Trinajstić information content (AvgIpc) is 2.81. The molecule has 9 heteroatoms. The molecule has 19 heavy (non-hydrogen) atoms. The fraction of sp³-hybridized carbons (Fsp3) is 0.600. The van der Waals surface area contributed by atoms with Crippen molar-refractivity contribution in [3.05, 3.63) is 12.2 Å². The number of nitrogens with zero attached hydrogens (tertiary/aromatic N) is 4. The number of rotatable bonds is 3. The summed E-state index contributed by atoms with van der Waals surface area (Å²) in [5.74, 6) is 0.691. The van der Waals surface area contributed by atoms with Crippen molar-refractivity contribution >= 4 is 23.8 Å². The Labute approximate surface area is 114 Å². The monoisotopic (exact) mass is 285 g/mol. The molecule has 1 saturated heterocycles. The molecule has 1 aliphatic rings. The highest BCUT2D eigenvalue weighted by Gasteiger charge is 2.32. The molecule has 0 aliphatic carbocycles. The normalized spacial score (nSPS) is 19.2. The molecular formula is C10H15N5O3S. The Morgan fingerprint density at radius 1 is 1.63 bits per heavy atom. The number of nitrogens with one attached hydrogen (secondary N) is 1. The summed E-state index contributed by atoms with van der Waals surface area (Å²) in [6.45, 7) is 0.624. The number of aliphatic carboxylic acids is 1. The molecule has 1 aliphatic heterocycles. The summed E-state index contributed by atoms with van der Waals surface area (Å²) in [4.78, 5) is 28.4. The number of aromatic nitrogens is 3. The fourth-order valence-corrected chi connectivity index (χ4v) is 2.81. The third kappa shape index (κ3) is 3.37. The summed E-state index contributed by atoms with van der Waals surface area (Å²) in [5, 5.41) is 15.8. The topological polar surface area (TPSA) is 100 Å². The minimum Gasteiger partial charge on any atom is -0.480 e. The molecule has 104 valence electrons. The van der Waals surface area contributed by atoms with Crippen LogP contribution in [0.2, 0.25) is 0 Å². The number of carboxylic acids is 1. The predicted octanol–water partition coefficient (Wildman–Crippen LogP) is -0.473. The Kier molecular flexibility index (Phi) is 4.25. The van der Waals surface area contributed by atoms with Crippen molar-refractivity contribution in [2.75, 3.05) is 18.1 Å². The number of urea groups is 1. The molecule has 2 rings (SSSR count). The van der Waals surface area contributed by atoms with E-state index in [-0.39, 0.29) is 12.6 Å². The first-order chi connectivity index (χ1) is 9.08. The molecule has 0 bridgehead atoms. The summed E-state index contributed by atoms with van der Waals surface area (Å²) in [6, 6.07) is -1.16. The maximum absolute atomic E-state index is 12.0. The van der Waals surface area contributed by atoms with Crippen molar-refractivity contribution in [3.63, 3.8) is 0 Å². The lowest BCUT2D eigenvalue weighted by Gasteiger charge is -2.32. The standard InChI is InChI=1S/C10H15N5O3S/c1-14-6-12-8(13-14)4-11-10(18)15-2-3-19-5-7(15)9(16)17/h6-7H,2-5H2,1H3,(H,11,18)(H,16,17). The van der Waals surface area contributed by atoms with Gasteiger partial charge in [0.15, 0.2) is 5.82 Å². The molecule has 8 nitrogen and oxygen atoms in total. The van der Waals surface area contributed by atoms with Gasteiger partial charge in [-0.05, 0) is 0 Å². The maximum atomic E-state index is 12.0. The zero-order valence-electron chi connectivity index (χ0n) is 10.4. The zero-order valence-corrected chi connectivity index (χ0v) is 11.3. The first kappa shape index (κ1) is 13.7. The first-order valence-electron chi connectivity index (χ1n) is 5.77. The van der Waals surface area contributed by atoms with Gasteiger partial charge >= 0.3 is 12.0 Å². The van der Waals surface area contributed by atoms with Gasteiger partial charge in [0.25, 0.3) is 0 Å². The highest BCUT2D eigenvalue weighted by molar-refractivity contribution is 7.99. The largest absolute Gasteiger partial charge is 0.480 e. The van der Waals surface area contributed by atoms with E-state index in [0.717, 1.165) is 5.75 Å². The molecular weight excluding hydrogens is 270 g/mol. The van der Waals surface area contributed by atoms with E-state index in [0.29, 0.717) is 18.1 Å². The van der Waals surface area contributed by atoms with Crippen LogP contribution in [-0.2, 0) is 18.4 Å². The summed E-state index contributed by atoms with van der Waals surface area (Å²) < 4.78 is 1.54. The molecule has 1 aromatic heterocycles. The van der Waals surface area contributed by atoms with Crippen LogP contribution in [0, 0.1) is 0 Å². The Morgan fingerprint density at radius 2 is 2.42 bits per heavy atom. The van der Waals surface area contributed by atoms with Crippen molar-refractivity contribution in [3.8, 4) is 0 Å². The van der Waals surface area contributed by atoms with Gasteiger partial charge in [-0.1, -0.05) is 0 Å². The second-order valence-electron chi connectivity index (χ2n) is 4.12. The van der Waals surface area contributed by atoms with Crippen LogP contribution >= 0.6 is 11.8 Å². The van der Waals surface area contributed by atoms with Crippen LogP contribution in [0.15, 0.2) is 6.33 Å². The van der Waals surface area contributed by atoms with Gasteiger partial charge in [-0.3, -0.25) is 4.68 Å². The van der Waals surface area contributed by atoms with Crippen molar-refractivity contribution in [2.45, 2.75) is 12.6 Å². The predicted molar refractivity (Wildman–Crippen MR) is 68.7 cm³/mol. The number of carboxylic acid groups (broad SMARTS) is 1. The number of hydrogen-bond donors (Lipinski definition) is 2. The molecule has 0 radical (unpaired) electrons. The quantitative estimate of drug-likeness (QED) is 0.778. The van der Waals surface area contributed by atoms with Gasteiger partial charge in [0.1, 0.15) is 12.4 Å². The Balaban J connectivity index is 1.92. The first-order valence-corrected chi connectivity index (χ1v) is 6.93. The van der Waals surface area contributed by atoms with Gasteiger partial charge in [-0.15, -0.1) is 0 Å². The van der Waals surface area contributed by atoms with Crippen molar-refractivity contribution in [2.24, 2.45) is 7.05 Å². The lowest BCUT2D eigenvalue weighted by Crippen LogP contribution is -2.53. The van der Waals surface area contributed by atoms with Crippen molar-refractivity contribution in [1.29, 1.82) is 0 Å². The molecule has 1 fully saturated rings. The fourth-order valence-electron chi connectivity index (χ4n) is 1.77. The highest BCUT2D eigenvalue weighted by atomic mass is 32.2. The smallest absolute Gasteiger partial charge is 0.327 e. The summed E-state index contributed by atoms with van der Waals surface area (Å²) in [6.07, 6.45) is 1.54. The SMILES string of the molecule is Cn1cnc(CNC(=O)N2CCSCC2C(=O)O)n1. The van der Waals surface area contributed by atoms with Crippen molar-refractivity contribution < 1.29 is 14.7 Å². The summed E-state index contributed by atoms with van der Waals surface area (Å²) >= 11 is 1.54. The molecule has 0 aromatic carbocycles. The van der Waals surface area contributed by atoms with Gasteiger partial charge in [0.05, 0.1) is 6.54 Å². The third-order valence-corrected chi connectivity index (χ3v) is 3.74. The van der Waals surface area contributed by atoms with Gasteiger partial charge < -0.3 is 15.3 Å². The Bertz CT molecular complexity index is 477. The number of aryl methyl sites for hydroxylation is 1. The minimum absolute atomic E-state index is 0.190. The van der Waals surface area contributed by atoms with E-state index in [4.69, 9.17) is 5.11 Å². The van der Waals surface area contributed by atoms with Crippen LogP contribution in [0.3, 0.4) is 0 Å². The Morgan fingerprint density at radius 3 is 3.05 bits per heavy atom. The number of carbonyl (C=O) groups excluding carboxylic acids is 1. The minimum atomic E-state index is -0.974. The van der Waals surface area contributed by atoms with E-state index >= 15 is 0 Å². The number of amides is 2. The average molecular weight is 285 g/mol. The van der Waals surface area contributed by atoms with Crippen LogP contribution < -0.4 is 5.32 Å². The van der Waals surface area contributed by atoms with E-state index < -0.39 is 12.0 Å². The highest BCUT2D eigenvalue weighted by Crippen LogP contribution is 2.16. The molecule has 2 heterocycles. The van der Waals surface area contributed by atoms with Gasteiger partial charge in [0, 0.05) is 25.1 Å². The van der Waals surface area contributed by atoms with Crippen LogP contribution in [-0.4, -0.2) is 60.9 Å². The second-order valence-corrected chi connectivity index (χ2v) is 5.27. The molecule has 1 aromatic rings. The van der Waals surface area contributed by atoms with Gasteiger partial charge in [-0.25, -0.2) is 14.6 Å². The Hall–Kier alpha value is -1.77. The molecule has 1 unspecified atom stereocenters. The molecule has 0 spiro atoms. The number of carbonyl (C=O) groups is 2. The second kappa shape index (κ2) is 5.91. The lowest BCUT2D eigenvalue weighted by atomic mass is 10.3. The third-order valence-electron chi connectivity index (χ3n) is 2.72. The maximum Gasteiger partial charge on any atom is 0.327 e. The molecule has 0 saturated carbocycles. The summed E-state index contributed by atoms with van der Waals surface area (Å²) in [5.41, 5.74) is 0. The van der Waals surface area contributed by atoms with Crippen LogP contribution in [0.5, 0.6) is 0 Å². The number of thioether (sulfide) groups is 1. The van der Waals surface area contributed by atoms with Gasteiger partial charge in [0.2, 0.25) is 0 Å². The number of hydrogen-bond acceptors (Lipinski definition) is 5. The van der Waals surface area contributed by atoms with E-state index in [2.05, 4.69) is 15.4 Å².